The van der Waals surface area contributed by atoms with Crippen molar-refractivity contribution in [2.45, 2.75) is 6.92 Å². The minimum Gasteiger partial charge on any atom is -0.477 e. The highest BCUT2D eigenvalue weighted by Crippen LogP contribution is 2.25. The molecule has 0 aliphatic rings. The summed E-state index contributed by atoms with van der Waals surface area (Å²) in [4.78, 5) is 34.5. The van der Waals surface area contributed by atoms with Gasteiger partial charge in [0.1, 0.15) is 6.54 Å². The van der Waals surface area contributed by atoms with Gasteiger partial charge in [-0.25, -0.2) is 0 Å². The molecule has 1 aromatic rings. The highest BCUT2D eigenvalue weighted by Gasteiger charge is 2.19. The number of amides is 1. The summed E-state index contributed by atoms with van der Waals surface area (Å²) < 4.78 is 9.66. The van der Waals surface area contributed by atoms with Crippen LogP contribution in [0.1, 0.15) is 6.92 Å². The number of rotatable bonds is 7. The van der Waals surface area contributed by atoms with E-state index in [1.54, 1.807) is 13.0 Å². The van der Waals surface area contributed by atoms with Crippen LogP contribution in [0, 0.1) is 10.1 Å². The van der Waals surface area contributed by atoms with Gasteiger partial charge in [-0.05, 0) is 13.0 Å². The average Bonchev–Trinajstić information content (AvgIpc) is 2.49. The molecule has 0 N–H and O–H groups in total. The van der Waals surface area contributed by atoms with Crippen molar-refractivity contribution in [2.75, 3.05) is 26.8 Å². The predicted molar refractivity (Wildman–Crippen MR) is 72.9 cm³/mol. The standard InChI is InChI=1S/C13H16N2O6/c1-3-14(8-13(17)20-2)12(16)9-21-11-7-5-4-6-10(11)15(18)19/h4-7H,3,8-9H2,1-2H3. The van der Waals surface area contributed by atoms with Crippen molar-refractivity contribution in [1.82, 2.24) is 4.90 Å². The van der Waals surface area contributed by atoms with Crippen LogP contribution in [-0.2, 0) is 14.3 Å². The third-order valence-corrected chi connectivity index (χ3v) is 2.70. The number of methoxy groups -OCH3 is 1. The molecule has 0 bridgehead atoms. The van der Waals surface area contributed by atoms with Gasteiger partial charge in [0, 0.05) is 12.6 Å². The van der Waals surface area contributed by atoms with Crippen LogP contribution in [0.4, 0.5) is 5.69 Å². The number of likely N-dealkylation sites (N-methyl/N-ethyl adjacent to an activating group) is 1. The second-order valence-corrected chi connectivity index (χ2v) is 4.00. The predicted octanol–water partition coefficient (Wildman–Crippen LogP) is 0.995. The number of ether oxygens (including phenoxy) is 2. The number of carbonyl (C=O) groups is 2. The molecule has 0 heterocycles. The first-order chi connectivity index (χ1) is 9.99. The lowest BCUT2D eigenvalue weighted by molar-refractivity contribution is -0.385. The van der Waals surface area contributed by atoms with Gasteiger partial charge in [-0.15, -0.1) is 0 Å². The molecule has 21 heavy (non-hydrogen) atoms. The Hall–Kier alpha value is -2.64. The summed E-state index contributed by atoms with van der Waals surface area (Å²) in [5.41, 5.74) is -0.221. The van der Waals surface area contributed by atoms with Gasteiger partial charge < -0.3 is 14.4 Å². The number of esters is 1. The third kappa shape index (κ3) is 4.75. The van der Waals surface area contributed by atoms with Crippen LogP contribution >= 0.6 is 0 Å². The first-order valence-corrected chi connectivity index (χ1v) is 6.20. The van der Waals surface area contributed by atoms with Gasteiger partial charge in [-0.3, -0.25) is 19.7 Å². The number of nitro benzene ring substituents is 1. The quantitative estimate of drug-likeness (QED) is 0.423. The fourth-order valence-electron chi connectivity index (χ4n) is 1.56. The van der Waals surface area contributed by atoms with Crippen molar-refractivity contribution in [3.05, 3.63) is 34.4 Å². The van der Waals surface area contributed by atoms with Gasteiger partial charge >= 0.3 is 11.7 Å². The number of hydrogen-bond donors (Lipinski definition) is 0. The zero-order valence-electron chi connectivity index (χ0n) is 11.8. The van der Waals surface area contributed by atoms with E-state index in [0.29, 0.717) is 6.54 Å². The van der Waals surface area contributed by atoms with Crippen molar-refractivity contribution >= 4 is 17.6 Å². The lowest BCUT2D eigenvalue weighted by Gasteiger charge is -2.19. The largest absolute Gasteiger partial charge is 0.477 e. The fourth-order valence-corrected chi connectivity index (χ4v) is 1.56. The highest BCUT2D eigenvalue weighted by atomic mass is 16.6. The van der Waals surface area contributed by atoms with E-state index in [2.05, 4.69) is 4.74 Å². The number of nitro groups is 1. The van der Waals surface area contributed by atoms with Gasteiger partial charge in [0.2, 0.25) is 0 Å². The Morgan fingerprint density at radius 2 is 2.00 bits per heavy atom. The van der Waals surface area contributed by atoms with Crippen LogP contribution in [0.5, 0.6) is 5.75 Å². The van der Waals surface area contributed by atoms with Crippen LogP contribution < -0.4 is 4.74 Å². The summed E-state index contributed by atoms with van der Waals surface area (Å²) in [6.07, 6.45) is 0. The first-order valence-electron chi connectivity index (χ1n) is 6.20. The summed E-state index contributed by atoms with van der Waals surface area (Å²) in [6.45, 7) is 1.42. The summed E-state index contributed by atoms with van der Waals surface area (Å²) in [5.74, 6) is -0.998. The van der Waals surface area contributed by atoms with Gasteiger partial charge in [0.05, 0.1) is 12.0 Å². The summed E-state index contributed by atoms with van der Waals surface area (Å²) in [6, 6.07) is 5.76. The van der Waals surface area contributed by atoms with Crippen LogP contribution in [-0.4, -0.2) is 48.5 Å². The molecule has 1 rings (SSSR count). The van der Waals surface area contributed by atoms with E-state index in [1.165, 1.54) is 30.2 Å². The maximum atomic E-state index is 11.9. The summed E-state index contributed by atoms with van der Waals surface area (Å²) >= 11 is 0. The second kappa shape index (κ2) is 7.83. The molecule has 8 heteroatoms. The molecule has 0 atom stereocenters. The minimum absolute atomic E-state index is 0.00460. The van der Waals surface area contributed by atoms with Gasteiger partial charge in [0.25, 0.3) is 5.91 Å². The number of nitrogens with zero attached hydrogens (tertiary/aromatic N) is 2. The summed E-state index contributed by atoms with van der Waals surface area (Å²) in [7, 11) is 1.23. The van der Waals surface area contributed by atoms with Crippen LogP contribution in [0.15, 0.2) is 24.3 Å². The fraction of sp³-hybridized carbons (Fsp3) is 0.385. The van der Waals surface area contributed by atoms with Gasteiger partial charge in [-0.1, -0.05) is 12.1 Å². The third-order valence-electron chi connectivity index (χ3n) is 2.70. The molecule has 0 aromatic heterocycles. The van der Waals surface area contributed by atoms with Crippen molar-refractivity contribution in [2.24, 2.45) is 0 Å². The molecule has 0 saturated heterocycles. The molecule has 0 radical (unpaired) electrons. The topological polar surface area (TPSA) is 99.0 Å². The lowest BCUT2D eigenvalue weighted by Crippen LogP contribution is -2.39. The van der Waals surface area contributed by atoms with E-state index >= 15 is 0 Å². The zero-order chi connectivity index (χ0) is 15.8. The maximum absolute atomic E-state index is 11.9. The summed E-state index contributed by atoms with van der Waals surface area (Å²) in [5, 5.41) is 10.8. The van der Waals surface area contributed by atoms with Gasteiger partial charge in [-0.2, -0.15) is 0 Å². The molecule has 8 nitrogen and oxygen atoms in total. The van der Waals surface area contributed by atoms with E-state index < -0.39 is 23.4 Å². The lowest BCUT2D eigenvalue weighted by atomic mass is 10.3. The van der Waals surface area contributed by atoms with Crippen molar-refractivity contribution in [3.8, 4) is 5.75 Å². The maximum Gasteiger partial charge on any atom is 0.325 e. The molecular formula is C13H16N2O6. The van der Waals surface area contributed by atoms with Crippen LogP contribution in [0.25, 0.3) is 0 Å². The Balaban J connectivity index is 2.67. The number of hydrogen-bond acceptors (Lipinski definition) is 6. The van der Waals surface area contributed by atoms with E-state index in [4.69, 9.17) is 4.74 Å². The van der Waals surface area contributed by atoms with E-state index in [9.17, 15) is 19.7 Å². The molecule has 114 valence electrons. The molecule has 0 fully saturated rings. The van der Waals surface area contributed by atoms with Crippen LogP contribution in [0.3, 0.4) is 0 Å². The molecule has 0 unspecified atom stereocenters. The van der Waals surface area contributed by atoms with Crippen molar-refractivity contribution in [3.63, 3.8) is 0 Å². The zero-order valence-corrected chi connectivity index (χ0v) is 11.8. The Morgan fingerprint density at radius 1 is 1.33 bits per heavy atom. The Labute approximate surface area is 121 Å². The molecular weight excluding hydrogens is 280 g/mol. The minimum atomic E-state index is -0.591. The smallest absolute Gasteiger partial charge is 0.325 e. The number of carbonyl (C=O) groups excluding carboxylic acids is 2. The Bertz CT molecular complexity index is 531. The van der Waals surface area contributed by atoms with Gasteiger partial charge in [0.15, 0.2) is 12.4 Å². The molecule has 1 aromatic carbocycles. The van der Waals surface area contributed by atoms with Crippen molar-refractivity contribution < 1.29 is 24.0 Å². The van der Waals surface area contributed by atoms with Crippen molar-refractivity contribution in [1.29, 1.82) is 0 Å². The molecule has 0 aliphatic heterocycles. The van der Waals surface area contributed by atoms with E-state index in [1.807, 2.05) is 0 Å². The highest BCUT2D eigenvalue weighted by molar-refractivity contribution is 5.83. The molecule has 0 saturated carbocycles. The number of benzene rings is 1. The normalized spacial score (nSPS) is 9.81. The first kappa shape index (κ1) is 16.4. The number of para-hydroxylation sites is 2. The SMILES string of the molecule is CCN(CC(=O)OC)C(=O)COc1ccccc1[N+](=O)[O-]. The van der Waals surface area contributed by atoms with E-state index in [0.717, 1.165) is 0 Å². The Kier molecular flexibility index (Phi) is 6.12. The molecule has 0 aliphatic carbocycles. The van der Waals surface area contributed by atoms with Crippen LogP contribution in [0.2, 0.25) is 0 Å². The monoisotopic (exact) mass is 296 g/mol. The average molecular weight is 296 g/mol. The second-order valence-electron chi connectivity index (χ2n) is 4.00. The molecule has 1 amide bonds. The molecule has 0 spiro atoms. The Morgan fingerprint density at radius 3 is 2.57 bits per heavy atom. The van der Waals surface area contributed by atoms with E-state index in [-0.39, 0.29) is 18.0 Å².